The van der Waals surface area contributed by atoms with Gasteiger partial charge in [0.1, 0.15) is 0 Å². The molecule has 0 saturated carbocycles. The van der Waals surface area contributed by atoms with Crippen molar-refractivity contribution in [2.75, 3.05) is 19.4 Å². The molecular formula is C19H24N2O3S. The number of anilines is 1. The fraction of sp³-hybridized carbons (Fsp3) is 0.316. The highest BCUT2D eigenvalue weighted by molar-refractivity contribution is 7.89. The number of rotatable bonds is 6. The number of carbonyl (C=O) groups excluding carboxylic acids is 1. The van der Waals surface area contributed by atoms with E-state index in [0.29, 0.717) is 17.2 Å². The first-order valence-corrected chi connectivity index (χ1v) is 9.57. The van der Waals surface area contributed by atoms with E-state index in [1.807, 2.05) is 12.1 Å². The Bertz CT molecular complexity index is 824. The number of hydrogen-bond donors (Lipinski definition) is 1. The molecule has 0 aliphatic heterocycles. The molecule has 1 N–H and O–H groups in total. The van der Waals surface area contributed by atoms with Gasteiger partial charge >= 0.3 is 0 Å². The number of hydrogen-bond acceptors (Lipinski definition) is 3. The van der Waals surface area contributed by atoms with E-state index in [0.717, 1.165) is 10.7 Å². The van der Waals surface area contributed by atoms with Crippen LogP contribution in [-0.2, 0) is 16.4 Å². The van der Waals surface area contributed by atoms with Crippen LogP contribution in [0.5, 0.6) is 0 Å². The molecule has 0 saturated heterocycles. The topological polar surface area (TPSA) is 66.5 Å². The molecule has 1 amide bonds. The Morgan fingerprint density at radius 1 is 1.00 bits per heavy atom. The summed E-state index contributed by atoms with van der Waals surface area (Å²) in [5.74, 6) is 0.343. The van der Waals surface area contributed by atoms with E-state index in [4.69, 9.17) is 0 Å². The Kier molecular flexibility index (Phi) is 5.98. The van der Waals surface area contributed by atoms with Gasteiger partial charge in [0.05, 0.1) is 4.90 Å². The van der Waals surface area contributed by atoms with Gasteiger partial charge in [-0.15, -0.1) is 0 Å². The van der Waals surface area contributed by atoms with Crippen molar-refractivity contribution in [1.82, 2.24) is 4.31 Å². The van der Waals surface area contributed by atoms with Gasteiger partial charge in [-0.2, -0.15) is 0 Å². The largest absolute Gasteiger partial charge is 0.322 e. The third kappa shape index (κ3) is 4.90. The van der Waals surface area contributed by atoms with Crippen LogP contribution in [0.25, 0.3) is 0 Å². The molecule has 2 aromatic rings. The van der Waals surface area contributed by atoms with Gasteiger partial charge in [-0.3, -0.25) is 4.79 Å². The highest BCUT2D eigenvalue weighted by Crippen LogP contribution is 2.17. The fourth-order valence-electron chi connectivity index (χ4n) is 2.39. The highest BCUT2D eigenvalue weighted by atomic mass is 32.2. The first kappa shape index (κ1) is 19.1. The second kappa shape index (κ2) is 7.80. The minimum atomic E-state index is -3.47. The van der Waals surface area contributed by atoms with Gasteiger partial charge in [0, 0.05) is 25.3 Å². The van der Waals surface area contributed by atoms with Crippen molar-refractivity contribution in [2.45, 2.75) is 25.2 Å². The standard InChI is InChI=1S/C19H24N2O3S/c1-14(2)13-15-5-7-16(8-6-15)19(22)20-17-9-11-18(12-10-17)25(23,24)21(3)4/h5-12,14H,13H2,1-4H3,(H,20,22). The molecule has 2 aromatic carbocycles. The summed E-state index contributed by atoms with van der Waals surface area (Å²) in [5, 5.41) is 2.78. The van der Waals surface area contributed by atoms with Crippen molar-refractivity contribution in [3.05, 3.63) is 59.7 Å². The number of nitrogens with zero attached hydrogens (tertiary/aromatic N) is 1. The molecule has 0 atom stereocenters. The molecule has 0 fully saturated rings. The number of sulfonamides is 1. The average molecular weight is 360 g/mol. The first-order chi connectivity index (χ1) is 11.7. The summed E-state index contributed by atoms with van der Waals surface area (Å²) in [7, 11) is -0.508. The van der Waals surface area contributed by atoms with Crippen molar-refractivity contribution >= 4 is 21.6 Å². The lowest BCUT2D eigenvalue weighted by molar-refractivity contribution is 0.102. The van der Waals surface area contributed by atoms with E-state index in [-0.39, 0.29) is 10.8 Å². The van der Waals surface area contributed by atoms with Crippen LogP contribution in [0.1, 0.15) is 29.8 Å². The Hall–Kier alpha value is -2.18. The van der Waals surface area contributed by atoms with Crippen molar-refractivity contribution in [2.24, 2.45) is 5.92 Å². The van der Waals surface area contributed by atoms with E-state index in [1.165, 1.54) is 31.8 Å². The van der Waals surface area contributed by atoms with Gasteiger partial charge < -0.3 is 5.32 Å². The van der Waals surface area contributed by atoms with Gasteiger partial charge in [0.15, 0.2) is 0 Å². The molecule has 0 aromatic heterocycles. The third-order valence-corrected chi connectivity index (χ3v) is 5.58. The van der Waals surface area contributed by atoms with Crippen molar-refractivity contribution in [1.29, 1.82) is 0 Å². The third-order valence-electron chi connectivity index (χ3n) is 3.75. The fourth-order valence-corrected chi connectivity index (χ4v) is 3.29. The van der Waals surface area contributed by atoms with E-state index in [9.17, 15) is 13.2 Å². The van der Waals surface area contributed by atoms with E-state index in [1.54, 1.807) is 24.3 Å². The SMILES string of the molecule is CC(C)Cc1ccc(C(=O)Nc2ccc(S(=O)(=O)N(C)C)cc2)cc1. The second-order valence-electron chi connectivity index (χ2n) is 6.56. The van der Waals surface area contributed by atoms with Crippen molar-refractivity contribution in [3.63, 3.8) is 0 Å². The molecule has 6 heteroatoms. The summed E-state index contributed by atoms with van der Waals surface area (Å²) < 4.78 is 25.2. The molecule has 0 heterocycles. The summed E-state index contributed by atoms with van der Waals surface area (Å²) in [5.41, 5.74) is 2.32. The van der Waals surface area contributed by atoms with Crippen molar-refractivity contribution in [3.8, 4) is 0 Å². The monoisotopic (exact) mass is 360 g/mol. The molecule has 25 heavy (non-hydrogen) atoms. The van der Waals surface area contributed by atoms with Gasteiger partial charge in [-0.1, -0.05) is 26.0 Å². The quantitative estimate of drug-likeness (QED) is 0.859. The zero-order chi connectivity index (χ0) is 18.6. The van der Waals surface area contributed by atoms with E-state index >= 15 is 0 Å². The zero-order valence-corrected chi connectivity index (χ0v) is 15.8. The molecule has 0 radical (unpaired) electrons. The van der Waals surface area contributed by atoms with Crippen molar-refractivity contribution < 1.29 is 13.2 Å². The summed E-state index contributed by atoms with van der Waals surface area (Å²) in [4.78, 5) is 12.5. The maximum atomic E-state index is 12.3. The molecule has 0 aliphatic rings. The lowest BCUT2D eigenvalue weighted by atomic mass is 10.0. The Labute approximate surface area is 149 Å². The molecule has 0 aliphatic carbocycles. The minimum absolute atomic E-state index is 0.188. The van der Waals surface area contributed by atoms with Gasteiger partial charge in [-0.25, -0.2) is 12.7 Å². The summed E-state index contributed by atoms with van der Waals surface area (Å²) in [6.45, 7) is 4.31. The van der Waals surface area contributed by atoms with Gasteiger partial charge in [-0.05, 0) is 54.3 Å². The molecule has 2 rings (SSSR count). The van der Waals surface area contributed by atoms with Crippen LogP contribution in [0, 0.1) is 5.92 Å². The predicted octanol–water partition coefficient (Wildman–Crippen LogP) is 3.39. The summed E-state index contributed by atoms with van der Waals surface area (Å²) >= 11 is 0. The molecule has 0 bridgehead atoms. The van der Waals surface area contributed by atoms with Crippen LogP contribution in [0.2, 0.25) is 0 Å². The molecule has 5 nitrogen and oxygen atoms in total. The van der Waals surface area contributed by atoms with E-state index < -0.39 is 10.0 Å². The lowest BCUT2D eigenvalue weighted by Gasteiger charge is -2.12. The Morgan fingerprint density at radius 3 is 2.04 bits per heavy atom. The number of benzene rings is 2. The Morgan fingerprint density at radius 2 is 1.56 bits per heavy atom. The van der Waals surface area contributed by atoms with Crippen LogP contribution < -0.4 is 5.32 Å². The summed E-state index contributed by atoms with van der Waals surface area (Å²) in [6.07, 6.45) is 0.976. The van der Waals surface area contributed by atoms with E-state index in [2.05, 4.69) is 19.2 Å². The van der Waals surface area contributed by atoms with Crippen LogP contribution in [0.15, 0.2) is 53.4 Å². The Balaban J connectivity index is 2.08. The number of nitrogens with one attached hydrogen (secondary N) is 1. The van der Waals surface area contributed by atoms with Crippen LogP contribution in [-0.4, -0.2) is 32.7 Å². The molecule has 0 spiro atoms. The maximum absolute atomic E-state index is 12.3. The van der Waals surface area contributed by atoms with Crippen LogP contribution in [0.3, 0.4) is 0 Å². The van der Waals surface area contributed by atoms with Crippen LogP contribution in [0.4, 0.5) is 5.69 Å². The molecular weight excluding hydrogens is 336 g/mol. The predicted molar refractivity (Wildman–Crippen MR) is 100 cm³/mol. The second-order valence-corrected chi connectivity index (χ2v) is 8.71. The average Bonchev–Trinajstić information content (AvgIpc) is 2.55. The maximum Gasteiger partial charge on any atom is 0.255 e. The minimum Gasteiger partial charge on any atom is -0.322 e. The molecule has 134 valence electrons. The van der Waals surface area contributed by atoms with Gasteiger partial charge in [0.2, 0.25) is 10.0 Å². The smallest absolute Gasteiger partial charge is 0.255 e. The van der Waals surface area contributed by atoms with Gasteiger partial charge in [0.25, 0.3) is 5.91 Å². The molecule has 0 unspecified atom stereocenters. The lowest BCUT2D eigenvalue weighted by Crippen LogP contribution is -2.22. The number of carbonyl (C=O) groups is 1. The number of amides is 1. The van der Waals surface area contributed by atoms with Crippen LogP contribution >= 0.6 is 0 Å². The first-order valence-electron chi connectivity index (χ1n) is 8.13. The summed E-state index contributed by atoms with van der Waals surface area (Å²) in [6, 6.07) is 13.7. The normalized spacial score (nSPS) is 11.8. The highest BCUT2D eigenvalue weighted by Gasteiger charge is 2.16. The zero-order valence-electron chi connectivity index (χ0n) is 15.0.